The summed E-state index contributed by atoms with van der Waals surface area (Å²) in [6.07, 6.45) is 2.12. The first kappa shape index (κ1) is 9.66. The Kier molecular flexibility index (Phi) is 5.84. The zero-order chi connectivity index (χ0) is 7.28. The van der Waals surface area contributed by atoms with E-state index in [4.69, 9.17) is 0 Å². The second-order valence-corrected chi connectivity index (χ2v) is 5.04. The number of quaternary nitrogens is 1. The van der Waals surface area contributed by atoms with E-state index in [0.29, 0.717) is 0 Å². The third-order valence-corrected chi connectivity index (χ3v) is 3.79. The average molecular weight is 166 g/mol. The highest BCUT2D eigenvalue weighted by atomic mass is 33.1. The van der Waals surface area contributed by atoms with Gasteiger partial charge in [0.05, 0.1) is 11.8 Å². The highest BCUT2D eigenvalue weighted by Gasteiger charge is 2.12. The van der Waals surface area contributed by atoms with Crippen molar-refractivity contribution in [2.75, 3.05) is 12.8 Å². The van der Waals surface area contributed by atoms with Crippen molar-refractivity contribution in [2.24, 2.45) is 5.92 Å². The van der Waals surface area contributed by atoms with Crippen LogP contribution in [0.1, 0.15) is 13.8 Å². The molecule has 0 aromatic heterocycles. The minimum absolute atomic E-state index is 0.736. The van der Waals surface area contributed by atoms with Crippen molar-refractivity contribution in [1.82, 2.24) is 0 Å². The van der Waals surface area contributed by atoms with Crippen molar-refractivity contribution in [1.29, 1.82) is 0 Å². The van der Waals surface area contributed by atoms with Crippen LogP contribution in [0.5, 0.6) is 0 Å². The highest BCUT2D eigenvalue weighted by Crippen LogP contribution is 2.27. The Morgan fingerprint density at radius 2 is 2.00 bits per heavy atom. The molecule has 0 aromatic carbocycles. The van der Waals surface area contributed by atoms with Crippen LogP contribution < -0.4 is 5.73 Å². The summed E-state index contributed by atoms with van der Waals surface area (Å²) < 4.78 is 0. The Morgan fingerprint density at radius 1 is 1.44 bits per heavy atom. The quantitative estimate of drug-likeness (QED) is 0.637. The smallest absolute Gasteiger partial charge is 0.0871 e. The van der Waals surface area contributed by atoms with Crippen LogP contribution in [0.25, 0.3) is 0 Å². The predicted molar refractivity (Wildman–Crippen MR) is 47.5 cm³/mol. The van der Waals surface area contributed by atoms with Gasteiger partial charge < -0.3 is 5.73 Å². The lowest BCUT2D eigenvalue weighted by atomic mass is 10.1. The number of hydrogen-bond acceptors (Lipinski definition) is 2. The molecular formula is C6H16NS2+. The summed E-state index contributed by atoms with van der Waals surface area (Å²) in [5, 5.41) is 0.736. The van der Waals surface area contributed by atoms with Crippen LogP contribution in [0.2, 0.25) is 0 Å². The van der Waals surface area contributed by atoms with Crippen molar-refractivity contribution in [2.45, 2.75) is 19.1 Å². The molecule has 0 aliphatic carbocycles. The van der Waals surface area contributed by atoms with E-state index in [2.05, 4.69) is 25.8 Å². The molecule has 1 atom stereocenters. The maximum atomic E-state index is 3.89. The van der Waals surface area contributed by atoms with E-state index in [1.54, 1.807) is 0 Å². The van der Waals surface area contributed by atoms with Gasteiger partial charge in [0.2, 0.25) is 0 Å². The number of hydrogen-bond donors (Lipinski definition) is 1. The van der Waals surface area contributed by atoms with Crippen molar-refractivity contribution in [3.63, 3.8) is 0 Å². The largest absolute Gasteiger partial charge is 0.357 e. The van der Waals surface area contributed by atoms with Crippen LogP contribution in [-0.4, -0.2) is 18.1 Å². The van der Waals surface area contributed by atoms with Gasteiger partial charge in [0.15, 0.2) is 0 Å². The molecule has 0 radical (unpaired) electrons. The lowest BCUT2D eigenvalue weighted by molar-refractivity contribution is -0.367. The van der Waals surface area contributed by atoms with Gasteiger partial charge in [0.1, 0.15) is 0 Å². The van der Waals surface area contributed by atoms with E-state index in [-0.39, 0.29) is 0 Å². The molecule has 0 aliphatic heterocycles. The third kappa shape index (κ3) is 4.12. The van der Waals surface area contributed by atoms with Crippen molar-refractivity contribution in [3.05, 3.63) is 0 Å². The predicted octanol–water partition coefficient (Wildman–Crippen LogP) is 1.26. The molecule has 0 amide bonds. The molecule has 0 saturated heterocycles. The Bertz CT molecular complexity index is 66.1. The van der Waals surface area contributed by atoms with E-state index in [9.17, 15) is 0 Å². The van der Waals surface area contributed by atoms with Crippen molar-refractivity contribution in [3.8, 4) is 0 Å². The fourth-order valence-electron chi connectivity index (χ4n) is 0.616. The van der Waals surface area contributed by atoms with Crippen LogP contribution in [0.4, 0.5) is 0 Å². The van der Waals surface area contributed by atoms with Gasteiger partial charge in [-0.25, -0.2) is 0 Å². The molecule has 1 unspecified atom stereocenters. The van der Waals surface area contributed by atoms with Gasteiger partial charge >= 0.3 is 0 Å². The maximum absolute atomic E-state index is 3.89. The Labute approximate surface area is 65.6 Å². The zero-order valence-electron chi connectivity index (χ0n) is 6.39. The van der Waals surface area contributed by atoms with E-state index in [0.717, 1.165) is 17.7 Å². The zero-order valence-corrected chi connectivity index (χ0v) is 8.02. The summed E-state index contributed by atoms with van der Waals surface area (Å²) in [6.45, 7) is 5.54. The van der Waals surface area contributed by atoms with E-state index in [1.165, 1.54) is 0 Å². The molecule has 3 N–H and O–H groups in total. The van der Waals surface area contributed by atoms with E-state index >= 15 is 0 Å². The van der Waals surface area contributed by atoms with Crippen LogP contribution in [0.3, 0.4) is 0 Å². The van der Waals surface area contributed by atoms with Crippen LogP contribution in [0, 0.1) is 5.92 Å². The molecule has 0 spiro atoms. The fourth-order valence-corrected chi connectivity index (χ4v) is 2.88. The molecule has 56 valence electrons. The first-order valence-electron chi connectivity index (χ1n) is 3.21. The Morgan fingerprint density at radius 3 is 2.11 bits per heavy atom. The van der Waals surface area contributed by atoms with Crippen LogP contribution in [0.15, 0.2) is 0 Å². The summed E-state index contributed by atoms with van der Waals surface area (Å²) in [5.74, 6) is 0.764. The second kappa shape index (κ2) is 5.45. The second-order valence-electron chi connectivity index (χ2n) is 2.33. The molecule has 0 saturated carbocycles. The normalized spacial score (nSPS) is 14.3. The number of rotatable bonds is 4. The third-order valence-electron chi connectivity index (χ3n) is 1.25. The molecule has 0 fully saturated rings. The van der Waals surface area contributed by atoms with Gasteiger partial charge in [-0.1, -0.05) is 35.4 Å². The molecule has 0 rings (SSSR count). The van der Waals surface area contributed by atoms with Gasteiger partial charge in [0.25, 0.3) is 0 Å². The van der Waals surface area contributed by atoms with Gasteiger partial charge in [-0.3, -0.25) is 0 Å². The monoisotopic (exact) mass is 166 g/mol. The molecule has 0 heterocycles. The summed E-state index contributed by atoms with van der Waals surface area (Å²) >= 11 is 0. The topological polar surface area (TPSA) is 27.6 Å². The summed E-state index contributed by atoms with van der Waals surface area (Å²) in [7, 11) is 3.78. The maximum Gasteiger partial charge on any atom is 0.0871 e. The molecule has 0 aliphatic rings. The van der Waals surface area contributed by atoms with Gasteiger partial charge in [-0.2, -0.15) is 0 Å². The van der Waals surface area contributed by atoms with Crippen molar-refractivity contribution >= 4 is 21.6 Å². The van der Waals surface area contributed by atoms with E-state index in [1.807, 2.05) is 21.6 Å². The standard InChI is InChI=1S/C6H15NS2/c1-5(2)6(4-7)9-8-3/h5-6H,4,7H2,1-3H3/p+1. The summed E-state index contributed by atoms with van der Waals surface area (Å²) in [4.78, 5) is 0. The summed E-state index contributed by atoms with van der Waals surface area (Å²) in [6, 6.07) is 0. The van der Waals surface area contributed by atoms with Gasteiger partial charge in [-0.05, 0) is 12.2 Å². The first-order chi connectivity index (χ1) is 4.22. The lowest BCUT2D eigenvalue weighted by Crippen LogP contribution is -2.55. The fraction of sp³-hybridized carbons (Fsp3) is 1.00. The molecular weight excluding hydrogens is 150 g/mol. The Hall–Kier alpha value is 0.660. The molecule has 9 heavy (non-hydrogen) atoms. The summed E-state index contributed by atoms with van der Waals surface area (Å²) in [5.41, 5.74) is 3.89. The SMILES string of the molecule is CSSC(C[NH3+])C(C)C. The Balaban J connectivity index is 3.41. The molecule has 0 aromatic rings. The van der Waals surface area contributed by atoms with Crippen LogP contribution in [-0.2, 0) is 0 Å². The highest BCUT2D eigenvalue weighted by molar-refractivity contribution is 8.76. The molecule has 3 heteroatoms. The average Bonchev–Trinajstić information content (AvgIpc) is 1.82. The van der Waals surface area contributed by atoms with Gasteiger partial charge in [0, 0.05) is 0 Å². The first-order valence-corrected chi connectivity index (χ1v) is 5.83. The molecule has 0 bridgehead atoms. The lowest BCUT2D eigenvalue weighted by Gasteiger charge is -2.13. The van der Waals surface area contributed by atoms with Gasteiger partial charge in [-0.15, -0.1) is 0 Å². The molecule has 1 nitrogen and oxygen atoms in total. The minimum atomic E-state index is 0.736. The van der Waals surface area contributed by atoms with Crippen molar-refractivity contribution < 1.29 is 5.73 Å². The van der Waals surface area contributed by atoms with E-state index < -0.39 is 0 Å². The van der Waals surface area contributed by atoms with Crippen LogP contribution >= 0.6 is 21.6 Å². The minimum Gasteiger partial charge on any atom is -0.357 e.